The van der Waals surface area contributed by atoms with Gasteiger partial charge in [-0.1, -0.05) is 60.7 Å². The van der Waals surface area contributed by atoms with Crippen LogP contribution < -0.4 is 0 Å². The van der Waals surface area contributed by atoms with Gasteiger partial charge in [0.25, 0.3) is 0 Å². The number of Topliss-reactive ketones (excluding diaryl/α,β-unsaturated/α-hetero) is 1. The smallest absolute Gasteiger partial charge is 0.428 e. The summed E-state index contributed by atoms with van der Waals surface area (Å²) in [6, 6.07) is 16.3. The summed E-state index contributed by atoms with van der Waals surface area (Å²) in [4.78, 5) is 28.3. The summed E-state index contributed by atoms with van der Waals surface area (Å²) in [7, 11) is 0.877. The van der Waals surface area contributed by atoms with Crippen molar-refractivity contribution in [1.29, 1.82) is 0 Å². The number of benzene rings is 2. The lowest BCUT2D eigenvalue weighted by Gasteiger charge is -2.42. The van der Waals surface area contributed by atoms with E-state index in [4.69, 9.17) is 9.47 Å². The van der Waals surface area contributed by atoms with Crippen LogP contribution in [0.4, 0.5) is 13.2 Å². The molecule has 1 aliphatic heterocycles. The summed E-state index contributed by atoms with van der Waals surface area (Å²) in [5, 5.41) is 0. The highest BCUT2D eigenvalue weighted by Gasteiger charge is 2.64. The minimum atomic E-state index is -5.03. The number of rotatable bonds is 8. The van der Waals surface area contributed by atoms with Gasteiger partial charge in [0.05, 0.1) is 12.5 Å². The predicted octanol–water partition coefficient (Wildman–Crippen LogP) is 4.36. The van der Waals surface area contributed by atoms with Crippen LogP contribution in [-0.2, 0) is 31.2 Å². The molecule has 0 aromatic heterocycles. The lowest BCUT2D eigenvalue weighted by atomic mass is 9.74. The summed E-state index contributed by atoms with van der Waals surface area (Å²) in [6.45, 7) is 2.61. The van der Waals surface area contributed by atoms with Crippen molar-refractivity contribution in [2.45, 2.75) is 31.7 Å². The van der Waals surface area contributed by atoms with E-state index in [9.17, 15) is 22.8 Å². The molecule has 1 heterocycles. The monoisotopic (exact) mass is 463 g/mol. The van der Waals surface area contributed by atoms with Crippen molar-refractivity contribution in [2.24, 2.45) is 11.8 Å². The largest absolute Gasteiger partial charge is 0.466 e. The maximum Gasteiger partial charge on any atom is 0.428 e. The molecule has 0 aliphatic carbocycles. The molecule has 1 fully saturated rings. The van der Waals surface area contributed by atoms with Crippen molar-refractivity contribution in [3.05, 3.63) is 71.8 Å². The summed E-state index contributed by atoms with van der Waals surface area (Å²) in [5.74, 6) is -4.07. The average molecular weight is 463 g/mol. The molecule has 0 bridgehead atoms. The molecule has 5 nitrogen and oxygen atoms in total. The number of likely N-dealkylation sites (tertiary alicyclic amines) is 1. The highest BCUT2D eigenvalue weighted by molar-refractivity contribution is 5.95. The average Bonchev–Trinajstić information content (AvgIpc) is 2.80. The molecule has 3 atom stereocenters. The third-order valence-electron chi connectivity index (χ3n) is 6.10. The Bertz CT molecular complexity index is 936. The first kappa shape index (κ1) is 24.9. The Labute approximate surface area is 191 Å². The Morgan fingerprint density at radius 2 is 1.61 bits per heavy atom. The van der Waals surface area contributed by atoms with Gasteiger partial charge in [0.1, 0.15) is 0 Å². The number of ketones is 1. The summed E-state index contributed by atoms with van der Waals surface area (Å²) >= 11 is 0. The van der Waals surface area contributed by atoms with Gasteiger partial charge in [0.15, 0.2) is 5.78 Å². The van der Waals surface area contributed by atoms with E-state index in [2.05, 4.69) is 0 Å². The Kier molecular flexibility index (Phi) is 7.92. The first-order chi connectivity index (χ1) is 15.7. The van der Waals surface area contributed by atoms with Crippen LogP contribution in [0.25, 0.3) is 0 Å². The van der Waals surface area contributed by atoms with Gasteiger partial charge in [0.2, 0.25) is 5.60 Å². The quantitative estimate of drug-likeness (QED) is 0.545. The Morgan fingerprint density at radius 1 is 1.00 bits per heavy atom. The molecule has 33 heavy (non-hydrogen) atoms. The Morgan fingerprint density at radius 3 is 2.15 bits per heavy atom. The summed E-state index contributed by atoms with van der Waals surface area (Å²) in [5.41, 5.74) is -2.53. The fourth-order valence-electron chi connectivity index (χ4n) is 4.52. The number of piperidine rings is 1. The van der Waals surface area contributed by atoms with Crippen LogP contribution in [0.3, 0.4) is 0 Å². The molecule has 2 aromatic carbocycles. The number of hydrogen-bond donors (Lipinski definition) is 0. The third kappa shape index (κ3) is 5.12. The van der Waals surface area contributed by atoms with E-state index in [-0.39, 0.29) is 25.1 Å². The van der Waals surface area contributed by atoms with Gasteiger partial charge >= 0.3 is 12.1 Å². The molecule has 8 heteroatoms. The van der Waals surface area contributed by atoms with E-state index in [1.807, 2.05) is 35.2 Å². The van der Waals surface area contributed by atoms with Crippen molar-refractivity contribution in [2.75, 3.05) is 26.8 Å². The molecule has 2 aromatic rings. The van der Waals surface area contributed by atoms with Crippen LogP contribution in [0.2, 0.25) is 0 Å². The third-order valence-corrected chi connectivity index (χ3v) is 6.10. The maximum absolute atomic E-state index is 14.5. The van der Waals surface area contributed by atoms with E-state index >= 15 is 0 Å². The number of hydrogen-bond acceptors (Lipinski definition) is 5. The second-order valence-electron chi connectivity index (χ2n) is 8.09. The van der Waals surface area contributed by atoms with Gasteiger partial charge in [-0.05, 0) is 25.5 Å². The molecule has 3 rings (SSSR count). The lowest BCUT2D eigenvalue weighted by Crippen LogP contribution is -2.58. The standard InChI is InChI=1S/C25H28F3NO4/c1-3-33-23(31)20-14-15-29(16-18-10-6-4-7-11-18)17-21(20)22(30)24(32-2,25(26,27)28)19-12-8-5-9-13-19/h4-13,20-21H,3,14-17H2,1-2H3/t20-,21+,24+/m0/s1. The van der Waals surface area contributed by atoms with Crippen molar-refractivity contribution in [3.63, 3.8) is 0 Å². The molecule has 178 valence electrons. The van der Waals surface area contributed by atoms with Crippen LogP contribution >= 0.6 is 0 Å². The topological polar surface area (TPSA) is 55.8 Å². The van der Waals surface area contributed by atoms with Crippen LogP contribution in [0, 0.1) is 11.8 Å². The Balaban J connectivity index is 2.01. The van der Waals surface area contributed by atoms with E-state index in [0.29, 0.717) is 13.1 Å². The molecule has 1 aliphatic rings. The van der Waals surface area contributed by atoms with Crippen molar-refractivity contribution in [1.82, 2.24) is 4.90 Å². The number of esters is 1. The zero-order valence-electron chi connectivity index (χ0n) is 18.7. The van der Waals surface area contributed by atoms with Gasteiger partial charge in [-0.3, -0.25) is 14.5 Å². The van der Waals surface area contributed by atoms with E-state index in [1.165, 1.54) is 24.3 Å². The van der Waals surface area contributed by atoms with Gasteiger partial charge in [-0.15, -0.1) is 0 Å². The molecular weight excluding hydrogens is 435 g/mol. The molecule has 1 saturated heterocycles. The maximum atomic E-state index is 14.5. The van der Waals surface area contributed by atoms with Gasteiger partial charge < -0.3 is 9.47 Å². The molecule has 0 N–H and O–H groups in total. The minimum Gasteiger partial charge on any atom is -0.466 e. The molecule has 0 saturated carbocycles. The molecule has 0 amide bonds. The second-order valence-corrected chi connectivity index (χ2v) is 8.09. The fraction of sp³-hybridized carbons (Fsp3) is 0.440. The molecule has 0 spiro atoms. The van der Waals surface area contributed by atoms with Gasteiger partial charge in [0, 0.05) is 31.7 Å². The highest BCUT2D eigenvalue weighted by atomic mass is 19.4. The number of halogens is 3. The predicted molar refractivity (Wildman–Crippen MR) is 116 cm³/mol. The van der Waals surface area contributed by atoms with Crippen molar-refractivity contribution >= 4 is 11.8 Å². The first-order valence-corrected chi connectivity index (χ1v) is 10.9. The minimum absolute atomic E-state index is 0.00870. The number of carbonyl (C=O) groups excluding carboxylic acids is 2. The SMILES string of the molecule is CCOC(=O)[C@H]1CCN(Cc2ccccc2)C[C@H]1C(=O)[C@](OC)(c1ccccc1)C(F)(F)F. The summed E-state index contributed by atoms with van der Waals surface area (Å²) in [6.07, 6.45) is -4.81. The Hall–Kier alpha value is -2.71. The van der Waals surface area contributed by atoms with Crippen LogP contribution in [0.5, 0.6) is 0 Å². The molecule has 0 unspecified atom stereocenters. The normalized spacial score (nSPS) is 21.2. The molecule has 0 radical (unpaired) electrons. The molecular formula is C25H28F3NO4. The number of nitrogens with zero attached hydrogens (tertiary/aromatic N) is 1. The highest BCUT2D eigenvalue weighted by Crippen LogP contribution is 2.46. The van der Waals surface area contributed by atoms with Crippen LogP contribution in [0.1, 0.15) is 24.5 Å². The van der Waals surface area contributed by atoms with Crippen molar-refractivity contribution < 1.29 is 32.2 Å². The number of ether oxygens (including phenoxy) is 2. The summed E-state index contributed by atoms with van der Waals surface area (Å²) < 4.78 is 53.7. The van der Waals surface area contributed by atoms with Crippen LogP contribution in [-0.4, -0.2) is 49.6 Å². The van der Waals surface area contributed by atoms with Crippen LogP contribution in [0.15, 0.2) is 60.7 Å². The first-order valence-electron chi connectivity index (χ1n) is 10.9. The second kappa shape index (κ2) is 10.5. The van der Waals surface area contributed by atoms with Gasteiger partial charge in [-0.25, -0.2) is 0 Å². The van der Waals surface area contributed by atoms with Gasteiger partial charge in [-0.2, -0.15) is 13.2 Å². The fourth-order valence-corrected chi connectivity index (χ4v) is 4.52. The van der Waals surface area contributed by atoms with E-state index in [0.717, 1.165) is 12.7 Å². The number of alkyl halides is 3. The zero-order valence-corrected chi connectivity index (χ0v) is 18.7. The zero-order chi connectivity index (χ0) is 24.1. The van der Waals surface area contributed by atoms with E-state index in [1.54, 1.807) is 13.0 Å². The lowest BCUT2D eigenvalue weighted by molar-refractivity contribution is -0.267. The number of carbonyl (C=O) groups is 2. The van der Waals surface area contributed by atoms with Crippen molar-refractivity contribution in [3.8, 4) is 0 Å². The van der Waals surface area contributed by atoms with E-state index < -0.39 is 35.4 Å². The number of methoxy groups -OCH3 is 1.